The quantitative estimate of drug-likeness (QED) is 0.664. The Morgan fingerprint density at radius 3 is 2.79 bits per heavy atom. The first-order valence-electron chi connectivity index (χ1n) is 8.92. The molecule has 1 fully saturated rings. The van der Waals surface area contributed by atoms with Crippen LogP contribution in [0.25, 0.3) is 16.7 Å². The Kier molecular flexibility index (Phi) is 5.28. The van der Waals surface area contributed by atoms with Gasteiger partial charge in [0.15, 0.2) is 6.29 Å². The lowest BCUT2D eigenvalue weighted by atomic mass is 10.1. The minimum atomic E-state index is -0.768. The molecule has 0 spiro atoms. The summed E-state index contributed by atoms with van der Waals surface area (Å²) in [7, 11) is -0.768. The molecule has 1 aromatic carbocycles. The van der Waals surface area contributed by atoms with Gasteiger partial charge in [-0.1, -0.05) is 11.6 Å². The minimum Gasteiger partial charge on any atom is -0.349 e. The van der Waals surface area contributed by atoms with E-state index in [0.29, 0.717) is 39.0 Å². The predicted molar refractivity (Wildman–Crippen MR) is 110 cm³/mol. The third-order valence-electron chi connectivity index (χ3n) is 4.83. The second kappa shape index (κ2) is 7.85. The Morgan fingerprint density at radius 1 is 1.25 bits per heavy atom. The van der Waals surface area contributed by atoms with Crippen LogP contribution in [0.2, 0.25) is 5.02 Å². The zero-order valence-corrected chi connectivity index (χ0v) is 16.5. The highest BCUT2D eigenvalue weighted by Crippen LogP contribution is 2.24. The van der Waals surface area contributed by atoms with Gasteiger partial charge in [0.2, 0.25) is 0 Å². The molecule has 0 unspecified atom stereocenters. The Bertz CT molecular complexity index is 1090. The number of benzene rings is 1. The number of fused-ring (bicyclic) bond motifs is 1. The van der Waals surface area contributed by atoms with Crippen LogP contribution in [0.4, 0.5) is 0 Å². The molecule has 1 saturated heterocycles. The zero-order valence-electron chi connectivity index (χ0n) is 14.9. The van der Waals surface area contributed by atoms with Gasteiger partial charge in [0, 0.05) is 68.0 Å². The summed E-state index contributed by atoms with van der Waals surface area (Å²) in [5.41, 5.74) is 2.35. The number of hydrogen-bond donors (Lipinski definition) is 1. The maximum atomic E-state index is 12.7. The van der Waals surface area contributed by atoms with E-state index in [0.717, 1.165) is 24.5 Å². The maximum Gasteiger partial charge on any atom is 0.251 e. The molecular formula is C20H18ClN3O3S. The van der Waals surface area contributed by atoms with Crippen molar-refractivity contribution in [2.24, 2.45) is 0 Å². The molecule has 1 aliphatic heterocycles. The summed E-state index contributed by atoms with van der Waals surface area (Å²) in [5.74, 6) is 1.04. The molecule has 1 aliphatic rings. The highest BCUT2D eigenvalue weighted by atomic mass is 35.5. The van der Waals surface area contributed by atoms with E-state index in [1.54, 1.807) is 24.3 Å². The van der Waals surface area contributed by atoms with Crippen LogP contribution < -0.4 is 5.32 Å². The molecule has 8 heteroatoms. The Balaban J connectivity index is 1.63. The molecule has 3 heterocycles. The van der Waals surface area contributed by atoms with Gasteiger partial charge in [-0.25, -0.2) is 4.98 Å². The molecule has 0 radical (unpaired) electrons. The number of rotatable bonds is 4. The fraction of sp³-hybridized carbons (Fsp3) is 0.250. The maximum absolute atomic E-state index is 12.7. The molecule has 144 valence electrons. The van der Waals surface area contributed by atoms with Crippen LogP contribution in [-0.4, -0.2) is 43.5 Å². The van der Waals surface area contributed by atoms with Crippen molar-refractivity contribution >= 4 is 45.6 Å². The second-order valence-corrected chi connectivity index (χ2v) is 8.91. The number of carbonyl (C=O) groups is 2. The van der Waals surface area contributed by atoms with Crippen molar-refractivity contribution < 1.29 is 13.8 Å². The van der Waals surface area contributed by atoms with Crippen LogP contribution in [0, 0.1) is 0 Å². The van der Waals surface area contributed by atoms with Gasteiger partial charge in [0.25, 0.3) is 5.91 Å². The molecule has 4 rings (SSSR count). The fourth-order valence-corrected chi connectivity index (χ4v) is 4.89. The summed E-state index contributed by atoms with van der Waals surface area (Å²) in [6.45, 7) is 0. The third-order valence-corrected chi connectivity index (χ3v) is 6.43. The first-order valence-corrected chi connectivity index (χ1v) is 10.8. The summed E-state index contributed by atoms with van der Waals surface area (Å²) >= 11 is 6.27. The van der Waals surface area contributed by atoms with Gasteiger partial charge >= 0.3 is 0 Å². The van der Waals surface area contributed by atoms with Crippen molar-refractivity contribution in [3.05, 3.63) is 58.9 Å². The zero-order chi connectivity index (χ0) is 19.7. The van der Waals surface area contributed by atoms with E-state index >= 15 is 0 Å². The van der Waals surface area contributed by atoms with Crippen molar-refractivity contribution in [2.75, 3.05) is 11.5 Å². The normalized spacial score (nSPS) is 19.5. The molecule has 0 atom stereocenters. The number of nitrogens with one attached hydrogen (secondary N) is 1. The average Bonchev–Trinajstić information content (AvgIpc) is 3.12. The van der Waals surface area contributed by atoms with E-state index < -0.39 is 10.8 Å². The van der Waals surface area contributed by atoms with Crippen molar-refractivity contribution in [1.29, 1.82) is 0 Å². The first-order chi connectivity index (χ1) is 13.5. The van der Waals surface area contributed by atoms with Gasteiger partial charge in [-0.05, 0) is 43.2 Å². The average molecular weight is 416 g/mol. The summed E-state index contributed by atoms with van der Waals surface area (Å²) in [6, 6.07) is 8.80. The summed E-state index contributed by atoms with van der Waals surface area (Å²) < 4.78 is 13.3. The number of carbonyl (C=O) groups excluding carboxylic acids is 2. The largest absolute Gasteiger partial charge is 0.349 e. The SMILES string of the molecule is O=Cc1cnc2c(ccn2-c2cc(Cl)cc(C(=O)NC3CCS(=O)CC3)c2)c1. The smallest absolute Gasteiger partial charge is 0.251 e. The first kappa shape index (κ1) is 18.8. The van der Waals surface area contributed by atoms with Crippen LogP contribution in [0.3, 0.4) is 0 Å². The highest BCUT2D eigenvalue weighted by Gasteiger charge is 2.20. The van der Waals surface area contributed by atoms with Gasteiger partial charge in [0.1, 0.15) is 5.65 Å². The molecule has 2 aromatic heterocycles. The van der Waals surface area contributed by atoms with Gasteiger partial charge < -0.3 is 9.88 Å². The van der Waals surface area contributed by atoms with E-state index in [-0.39, 0.29) is 11.9 Å². The van der Waals surface area contributed by atoms with E-state index in [9.17, 15) is 13.8 Å². The van der Waals surface area contributed by atoms with Crippen molar-refractivity contribution in [1.82, 2.24) is 14.9 Å². The molecule has 3 aromatic rings. The van der Waals surface area contributed by atoms with E-state index in [2.05, 4.69) is 10.3 Å². The van der Waals surface area contributed by atoms with Gasteiger partial charge in [-0.3, -0.25) is 13.8 Å². The van der Waals surface area contributed by atoms with Gasteiger partial charge in [-0.15, -0.1) is 0 Å². The third kappa shape index (κ3) is 3.86. The number of hydrogen-bond acceptors (Lipinski definition) is 4. The number of nitrogens with zero attached hydrogens (tertiary/aromatic N) is 2. The van der Waals surface area contributed by atoms with Crippen LogP contribution in [0.15, 0.2) is 42.7 Å². The number of pyridine rings is 1. The number of aromatic nitrogens is 2. The van der Waals surface area contributed by atoms with Crippen molar-refractivity contribution in [3.63, 3.8) is 0 Å². The molecule has 1 N–H and O–H groups in total. The highest BCUT2D eigenvalue weighted by molar-refractivity contribution is 7.85. The van der Waals surface area contributed by atoms with Crippen LogP contribution in [0.1, 0.15) is 33.6 Å². The van der Waals surface area contributed by atoms with Gasteiger partial charge in [-0.2, -0.15) is 0 Å². The van der Waals surface area contributed by atoms with E-state index in [1.165, 1.54) is 6.20 Å². The van der Waals surface area contributed by atoms with E-state index in [1.807, 2.05) is 16.8 Å². The summed E-state index contributed by atoms with van der Waals surface area (Å²) in [4.78, 5) is 28.0. The molecule has 1 amide bonds. The Labute approximate surface area is 169 Å². The molecular weight excluding hydrogens is 398 g/mol. The molecule has 6 nitrogen and oxygen atoms in total. The molecule has 28 heavy (non-hydrogen) atoms. The van der Waals surface area contributed by atoms with Crippen molar-refractivity contribution in [3.8, 4) is 5.69 Å². The van der Waals surface area contributed by atoms with E-state index in [4.69, 9.17) is 11.6 Å². The van der Waals surface area contributed by atoms with Crippen LogP contribution in [0.5, 0.6) is 0 Å². The molecule has 0 aliphatic carbocycles. The lowest BCUT2D eigenvalue weighted by Gasteiger charge is -2.22. The Morgan fingerprint density at radius 2 is 2.04 bits per heavy atom. The number of amides is 1. The fourth-order valence-electron chi connectivity index (χ4n) is 3.36. The predicted octanol–water partition coefficient (Wildman–Crippen LogP) is 3.13. The second-order valence-electron chi connectivity index (χ2n) is 6.78. The molecule has 0 saturated carbocycles. The Hall–Kier alpha value is -2.51. The lowest BCUT2D eigenvalue weighted by Crippen LogP contribution is -2.39. The molecule has 0 bridgehead atoms. The monoisotopic (exact) mass is 415 g/mol. The number of aldehydes is 1. The summed E-state index contributed by atoms with van der Waals surface area (Å²) in [6.07, 6.45) is 5.54. The summed E-state index contributed by atoms with van der Waals surface area (Å²) in [5, 5.41) is 4.28. The number of halogens is 1. The minimum absolute atomic E-state index is 0.0310. The van der Waals surface area contributed by atoms with Crippen molar-refractivity contribution in [2.45, 2.75) is 18.9 Å². The van der Waals surface area contributed by atoms with Crippen LogP contribution >= 0.6 is 11.6 Å². The topological polar surface area (TPSA) is 81.1 Å². The standard InChI is InChI=1S/C20H18ClN3O3S/c21-16-8-15(20(26)23-17-2-5-28(27)6-3-17)9-18(10-16)24-4-1-14-7-13(12-25)11-22-19(14)24/h1,4,7-12,17H,2-3,5-6H2,(H,23,26). The van der Waals surface area contributed by atoms with Gasteiger partial charge in [0.05, 0.1) is 0 Å². The lowest BCUT2D eigenvalue weighted by molar-refractivity contribution is 0.0934. The van der Waals surface area contributed by atoms with Crippen LogP contribution in [-0.2, 0) is 10.8 Å².